The van der Waals surface area contributed by atoms with Gasteiger partial charge in [-0.05, 0) is 36.4 Å². The van der Waals surface area contributed by atoms with Crippen LogP contribution in [0.4, 0.5) is 16.2 Å². The Morgan fingerprint density at radius 1 is 1.00 bits per heavy atom. The van der Waals surface area contributed by atoms with Crippen LogP contribution in [-0.2, 0) is 0 Å². The second kappa shape index (κ2) is 5.85. The van der Waals surface area contributed by atoms with Crippen molar-refractivity contribution in [1.82, 2.24) is 0 Å². The molecule has 0 radical (unpaired) electrons. The summed E-state index contributed by atoms with van der Waals surface area (Å²) in [5.74, 6) is 0.759. The van der Waals surface area contributed by atoms with E-state index in [2.05, 4.69) is 5.32 Å². The number of carbonyl (C=O) groups excluding carboxylic acids is 1. The van der Waals surface area contributed by atoms with Crippen molar-refractivity contribution in [3.05, 3.63) is 78.8 Å². The molecule has 3 aromatic rings. The lowest BCUT2D eigenvalue weighted by atomic mass is 10.2. The van der Waals surface area contributed by atoms with Crippen LogP contribution in [0.3, 0.4) is 0 Å². The quantitative estimate of drug-likeness (QED) is 0.712. The molecule has 2 amide bonds. The zero-order valence-corrected chi connectivity index (χ0v) is 13.0. The molecule has 1 atom stereocenters. The van der Waals surface area contributed by atoms with E-state index in [4.69, 9.17) is 4.42 Å². The number of nitrogens with zero attached hydrogens (tertiary/aromatic N) is 1. The highest BCUT2D eigenvalue weighted by atomic mass is 32.2. The van der Waals surface area contributed by atoms with Gasteiger partial charge in [0, 0.05) is 10.6 Å². The maximum absolute atomic E-state index is 12.8. The minimum Gasteiger partial charge on any atom is -0.466 e. The van der Waals surface area contributed by atoms with Crippen LogP contribution in [0, 0.1) is 0 Å². The van der Waals surface area contributed by atoms with E-state index in [1.54, 1.807) is 22.9 Å². The van der Waals surface area contributed by atoms with Crippen molar-refractivity contribution in [2.45, 2.75) is 10.3 Å². The Morgan fingerprint density at radius 3 is 2.57 bits per heavy atom. The summed E-state index contributed by atoms with van der Waals surface area (Å²) in [5, 5.41) is 2.75. The molecular weight excluding hydrogens is 308 g/mol. The number of rotatable bonds is 2. The summed E-state index contributed by atoms with van der Waals surface area (Å²) in [7, 11) is 0. The summed E-state index contributed by atoms with van der Waals surface area (Å²) in [6, 6.07) is 20.9. The van der Waals surface area contributed by atoms with Crippen LogP contribution in [0.15, 0.2) is 82.3 Å². The maximum Gasteiger partial charge on any atom is 0.327 e. The minimum atomic E-state index is -0.203. The van der Waals surface area contributed by atoms with Gasteiger partial charge in [0.2, 0.25) is 0 Å². The number of amides is 2. The molecule has 0 unspecified atom stereocenters. The molecule has 4 nitrogen and oxygen atoms in total. The van der Waals surface area contributed by atoms with Gasteiger partial charge in [-0.2, -0.15) is 0 Å². The molecule has 0 bridgehead atoms. The number of para-hydroxylation sites is 2. The predicted octanol–water partition coefficient (Wildman–Crippen LogP) is 5.12. The summed E-state index contributed by atoms with van der Waals surface area (Å²) in [4.78, 5) is 15.7. The van der Waals surface area contributed by atoms with Crippen LogP contribution in [-0.4, -0.2) is 6.03 Å². The summed E-state index contributed by atoms with van der Waals surface area (Å²) in [6.45, 7) is 0. The molecule has 23 heavy (non-hydrogen) atoms. The monoisotopic (exact) mass is 322 g/mol. The Labute approximate surface area is 138 Å². The van der Waals surface area contributed by atoms with Gasteiger partial charge >= 0.3 is 6.03 Å². The second-order valence-electron chi connectivity index (χ2n) is 5.12. The van der Waals surface area contributed by atoms with Crippen molar-refractivity contribution in [3.63, 3.8) is 0 Å². The van der Waals surface area contributed by atoms with Crippen LogP contribution in [0.25, 0.3) is 0 Å². The lowest BCUT2D eigenvalue weighted by Gasteiger charge is -2.23. The molecule has 1 aliphatic rings. The first-order valence-corrected chi connectivity index (χ1v) is 8.15. The maximum atomic E-state index is 12.8. The Bertz CT molecular complexity index is 818. The fourth-order valence-corrected chi connectivity index (χ4v) is 3.84. The molecule has 1 N–H and O–H groups in total. The number of hydrogen-bond donors (Lipinski definition) is 1. The lowest BCUT2D eigenvalue weighted by Crippen LogP contribution is -2.34. The second-order valence-corrected chi connectivity index (χ2v) is 6.24. The number of urea groups is 1. The average molecular weight is 322 g/mol. The summed E-state index contributed by atoms with van der Waals surface area (Å²) in [5.41, 5.74) is 1.66. The van der Waals surface area contributed by atoms with Crippen LogP contribution >= 0.6 is 11.8 Å². The molecular formula is C18H14N2O2S. The van der Waals surface area contributed by atoms with Gasteiger partial charge in [-0.1, -0.05) is 42.1 Å². The normalized spacial score (nSPS) is 16.2. The van der Waals surface area contributed by atoms with Gasteiger partial charge in [0.05, 0.1) is 12.0 Å². The smallest absolute Gasteiger partial charge is 0.327 e. The largest absolute Gasteiger partial charge is 0.466 e. The third-order valence-electron chi connectivity index (χ3n) is 3.63. The van der Waals surface area contributed by atoms with Gasteiger partial charge in [-0.25, -0.2) is 4.79 Å². The number of carbonyl (C=O) groups is 1. The number of hydrogen-bond acceptors (Lipinski definition) is 3. The molecule has 4 rings (SSSR count). The van der Waals surface area contributed by atoms with Crippen molar-refractivity contribution < 1.29 is 9.21 Å². The number of benzene rings is 2. The highest BCUT2D eigenvalue weighted by Gasteiger charge is 2.37. The van der Waals surface area contributed by atoms with E-state index in [1.165, 1.54) is 0 Å². The van der Waals surface area contributed by atoms with Gasteiger partial charge in [0.1, 0.15) is 11.1 Å². The minimum absolute atomic E-state index is 0.171. The average Bonchev–Trinajstić information content (AvgIpc) is 3.23. The van der Waals surface area contributed by atoms with E-state index in [1.807, 2.05) is 66.7 Å². The van der Waals surface area contributed by atoms with Crippen LogP contribution < -0.4 is 10.2 Å². The Morgan fingerprint density at radius 2 is 1.78 bits per heavy atom. The SMILES string of the molecule is O=C(Nc1ccccc1)N1c2ccccc2S[C@H]1c1ccco1. The first kappa shape index (κ1) is 14.0. The topological polar surface area (TPSA) is 45.5 Å². The zero-order chi connectivity index (χ0) is 15.6. The van der Waals surface area contributed by atoms with Gasteiger partial charge in [-0.3, -0.25) is 4.90 Å². The van der Waals surface area contributed by atoms with E-state index >= 15 is 0 Å². The summed E-state index contributed by atoms with van der Waals surface area (Å²) in [6.07, 6.45) is 1.63. The first-order chi connectivity index (χ1) is 11.3. The number of fused-ring (bicyclic) bond motifs is 1. The highest BCUT2D eigenvalue weighted by molar-refractivity contribution is 8.00. The zero-order valence-electron chi connectivity index (χ0n) is 12.2. The Balaban J connectivity index is 1.69. The van der Waals surface area contributed by atoms with Gasteiger partial charge in [0.15, 0.2) is 0 Å². The Hall–Kier alpha value is -2.66. The molecule has 0 saturated carbocycles. The number of nitrogens with one attached hydrogen (secondary N) is 1. The summed E-state index contributed by atoms with van der Waals surface area (Å²) < 4.78 is 5.54. The van der Waals surface area contributed by atoms with E-state index in [0.29, 0.717) is 0 Å². The highest BCUT2D eigenvalue weighted by Crippen LogP contribution is 2.51. The molecule has 2 heterocycles. The summed E-state index contributed by atoms with van der Waals surface area (Å²) >= 11 is 1.61. The fourth-order valence-electron chi connectivity index (χ4n) is 2.59. The van der Waals surface area contributed by atoms with Gasteiger partial charge in [-0.15, -0.1) is 0 Å². The van der Waals surface area contributed by atoms with Gasteiger partial charge < -0.3 is 9.73 Å². The third kappa shape index (κ3) is 2.59. The molecule has 2 aromatic carbocycles. The first-order valence-electron chi connectivity index (χ1n) is 7.27. The third-order valence-corrected chi connectivity index (χ3v) is 4.89. The molecule has 0 spiro atoms. The molecule has 5 heteroatoms. The molecule has 0 aliphatic carbocycles. The fraction of sp³-hybridized carbons (Fsp3) is 0.0556. The van der Waals surface area contributed by atoms with E-state index in [-0.39, 0.29) is 11.4 Å². The number of anilines is 2. The van der Waals surface area contributed by atoms with Crippen molar-refractivity contribution in [2.24, 2.45) is 0 Å². The predicted molar refractivity (Wildman–Crippen MR) is 91.7 cm³/mol. The van der Waals surface area contributed by atoms with Crippen molar-refractivity contribution >= 4 is 29.2 Å². The van der Waals surface area contributed by atoms with E-state index < -0.39 is 0 Å². The molecule has 1 aromatic heterocycles. The Kier molecular flexibility index (Phi) is 3.55. The standard InChI is InChI=1S/C18H14N2O2S/c21-18(19-13-7-2-1-3-8-13)20-14-9-4-5-11-16(14)23-17(20)15-10-6-12-22-15/h1-12,17H,(H,19,21)/t17-/m0/s1. The van der Waals surface area contributed by atoms with Crippen molar-refractivity contribution in [2.75, 3.05) is 10.2 Å². The van der Waals surface area contributed by atoms with Crippen molar-refractivity contribution in [1.29, 1.82) is 0 Å². The molecule has 0 fully saturated rings. The van der Waals surface area contributed by atoms with Gasteiger partial charge in [0.25, 0.3) is 0 Å². The van der Waals surface area contributed by atoms with Crippen LogP contribution in [0.5, 0.6) is 0 Å². The van der Waals surface area contributed by atoms with E-state index in [9.17, 15) is 4.79 Å². The van der Waals surface area contributed by atoms with Crippen LogP contribution in [0.2, 0.25) is 0 Å². The van der Waals surface area contributed by atoms with Crippen molar-refractivity contribution in [3.8, 4) is 0 Å². The van der Waals surface area contributed by atoms with Crippen LogP contribution in [0.1, 0.15) is 11.1 Å². The molecule has 114 valence electrons. The molecule has 1 aliphatic heterocycles. The van der Waals surface area contributed by atoms with E-state index in [0.717, 1.165) is 22.0 Å². The number of furan rings is 1. The number of thioether (sulfide) groups is 1. The molecule has 0 saturated heterocycles. The lowest BCUT2D eigenvalue weighted by molar-refractivity contribution is 0.256.